The van der Waals surface area contributed by atoms with Crippen LogP contribution in [-0.4, -0.2) is 68.8 Å². The number of rotatable bonds is 5. The highest BCUT2D eigenvalue weighted by atomic mass is 16.6. The number of methoxy groups -OCH3 is 2. The molecule has 4 atom stereocenters. The second kappa shape index (κ2) is 7.94. The van der Waals surface area contributed by atoms with Crippen LogP contribution in [0, 0.1) is 5.41 Å². The van der Waals surface area contributed by atoms with Crippen LogP contribution in [0.4, 0.5) is 4.79 Å². The van der Waals surface area contributed by atoms with Crippen molar-refractivity contribution in [2.75, 3.05) is 40.5 Å². The molecule has 1 amide bonds. The van der Waals surface area contributed by atoms with Gasteiger partial charge in [-0.25, -0.2) is 4.79 Å². The standard InChI is InChI=1S/C20H29NO6/c1-13(22)20(2)12-21(19(23)25-4)10-16(20)14-5-6-17(24-3)18(9-14)27-15-7-8-26-11-15/h5-6,9,13,15-16,22H,7-8,10-12H2,1-4H3/t13-,15+,16?,20-/m0/s1. The summed E-state index contributed by atoms with van der Waals surface area (Å²) in [6, 6.07) is 5.82. The second-order valence-corrected chi connectivity index (χ2v) is 7.60. The molecule has 3 rings (SSSR count). The van der Waals surface area contributed by atoms with Gasteiger partial charge in [0.25, 0.3) is 0 Å². The number of amides is 1. The maximum absolute atomic E-state index is 12.1. The zero-order chi connectivity index (χ0) is 19.6. The number of likely N-dealkylation sites (tertiary alicyclic amines) is 1. The summed E-state index contributed by atoms with van der Waals surface area (Å²) in [5.74, 6) is 1.27. The third-order valence-electron chi connectivity index (χ3n) is 5.89. The molecule has 2 aliphatic rings. The first-order chi connectivity index (χ1) is 12.9. The third kappa shape index (κ3) is 3.84. The van der Waals surface area contributed by atoms with Crippen LogP contribution in [0.1, 0.15) is 31.7 Å². The summed E-state index contributed by atoms with van der Waals surface area (Å²) in [5.41, 5.74) is 0.510. The van der Waals surface area contributed by atoms with Crippen LogP contribution in [-0.2, 0) is 9.47 Å². The van der Waals surface area contributed by atoms with Gasteiger partial charge in [-0.3, -0.25) is 0 Å². The van der Waals surface area contributed by atoms with Crippen molar-refractivity contribution in [3.63, 3.8) is 0 Å². The summed E-state index contributed by atoms with van der Waals surface area (Å²) in [6.45, 7) is 5.94. The zero-order valence-corrected chi connectivity index (χ0v) is 16.4. The van der Waals surface area contributed by atoms with Crippen molar-refractivity contribution in [1.29, 1.82) is 0 Å². The van der Waals surface area contributed by atoms with Crippen molar-refractivity contribution in [3.8, 4) is 11.5 Å². The van der Waals surface area contributed by atoms with E-state index < -0.39 is 11.5 Å². The van der Waals surface area contributed by atoms with Gasteiger partial charge in [0.15, 0.2) is 11.5 Å². The highest BCUT2D eigenvalue weighted by Gasteiger charge is 2.48. The van der Waals surface area contributed by atoms with Crippen molar-refractivity contribution < 1.29 is 28.8 Å². The number of ether oxygens (including phenoxy) is 4. The minimum absolute atomic E-state index is 0.00689. The molecule has 0 spiro atoms. The molecule has 2 heterocycles. The van der Waals surface area contributed by atoms with E-state index in [1.54, 1.807) is 18.9 Å². The Balaban J connectivity index is 1.91. The minimum Gasteiger partial charge on any atom is -0.493 e. The molecule has 0 aliphatic carbocycles. The third-order valence-corrected chi connectivity index (χ3v) is 5.89. The number of carbonyl (C=O) groups excluding carboxylic acids is 1. The number of carbonyl (C=O) groups is 1. The van der Waals surface area contributed by atoms with E-state index >= 15 is 0 Å². The van der Waals surface area contributed by atoms with Gasteiger partial charge in [0.05, 0.1) is 33.5 Å². The van der Waals surface area contributed by atoms with Gasteiger partial charge < -0.3 is 29.0 Å². The molecule has 2 aliphatic heterocycles. The van der Waals surface area contributed by atoms with E-state index in [1.807, 2.05) is 25.1 Å². The Kier molecular flexibility index (Phi) is 5.81. The molecule has 150 valence electrons. The summed E-state index contributed by atoms with van der Waals surface area (Å²) in [5, 5.41) is 10.5. The van der Waals surface area contributed by atoms with Crippen LogP contribution in [0.3, 0.4) is 0 Å². The van der Waals surface area contributed by atoms with E-state index in [0.29, 0.717) is 37.8 Å². The molecule has 7 heteroatoms. The lowest BCUT2D eigenvalue weighted by atomic mass is 9.72. The molecular weight excluding hydrogens is 350 g/mol. The van der Waals surface area contributed by atoms with Gasteiger partial charge >= 0.3 is 6.09 Å². The van der Waals surface area contributed by atoms with Gasteiger partial charge in [-0.05, 0) is 24.6 Å². The fourth-order valence-corrected chi connectivity index (χ4v) is 3.98. The van der Waals surface area contributed by atoms with Gasteiger partial charge in [-0.15, -0.1) is 0 Å². The van der Waals surface area contributed by atoms with E-state index in [0.717, 1.165) is 12.0 Å². The van der Waals surface area contributed by atoms with Gasteiger partial charge in [-0.2, -0.15) is 0 Å². The Morgan fingerprint density at radius 2 is 2.15 bits per heavy atom. The largest absolute Gasteiger partial charge is 0.493 e. The Hall–Kier alpha value is -1.99. The van der Waals surface area contributed by atoms with Gasteiger partial charge in [0.2, 0.25) is 0 Å². The van der Waals surface area contributed by atoms with Crippen molar-refractivity contribution in [3.05, 3.63) is 23.8 Å². The van der Waals surface area contributed by atoms with Crippen LogP contribution in [0.5, 0.6) is 11.5 Å². The topological polar surface area (TPSA) is 77.5 Å². The SMILES string of the molecule is COC(=O)N1CC(c2ccc(OC)c(O[C@@H]3CCOC3)c2)[C@](C)([C@H](C)O)C1. The molecule has 27 heavy (non-hydrogen) atoms. The molecule has 1 N–H and O–H groups in total. The highest BCUT2D eigenvalue weighted by molar-refractivity contribution is 5.68. The van der Waals surface area contributed by atoms with E-state index in [-0.39, 0.29) is 18.1 Å². The van der Waals surface area contributed by atoms with Crippen LogP contribution >= 0.6 is 0 Å². The summed E-state index contributed by atoms with van der Waals surface area (Å²) in [7, 11) is 2.99. The fourth-order valence-electron chi connectivity index (χ4n) is 3.98. The molecule has 0 bridgehead atoms. The number of aliphatic hydroxyl groups is 1. The molecule has 2 fully saturated rings. The highest BCUT2D eigenvalue weighted by Crippen LogP contribution is 2.47. The van der Waals surface area contributed by atoms with Crippen molar-refractivity contribution in [1.82, 2.24) is 4.90 Å². The fraction of sp³-hybridized carbons (Fsp3) is 0.650. The quantitative estimate of drug-likeness (QED) is 0.847. The molecule has 1 unspecified atom stereocenters. The molecule has 1 aromatic carbocycles. The lowest BCUT2D eigenvalue weighted by Crippen LogP contribution is -2.38. The Morgan fingerprint density at radius 3 is 2.74 bits per heavy atom. The molecule has 0 saturated carbocycles. The summed E-state index contributed by atoms with van der Waals surface area (Å²) < 4.78 is 21.8. The number of nitrogens with zero attached hydrogens (tertiary/aromatic N) is 1. The molecule has 2 saturated heterocycles. The summed E-state index contributed by atoms with van der Waals surface area (Å²) in [6.07, 6.45) is -0.116. The monoisotopic (exact) mass is 379 g/mol. The lowest BCUT2D eigenvalue weighted by molar-refractivity contribution is 0.0470. The van der Waals surface area contributed by atoms with Crippen molar-refractivity contribution in [2.24, 2.45) is 5.41 Å². The van der Waals surface area contributed by atoms with E-state index in [9.17, 15) is 9.90 Å². The average Bonchev–Trinajstić information content (AvgIpc) is 3.29. The maximum Gasteiger partial charge on any atom is 0.409 e. The second-order valence-electron chi connectivity index (χ2n) is 7.60. The molecule has 0 aromatic heterocycles. The smallest absolute Gasteiger partial charge is 0.409 e. The van der Waals surface area contributed by atoms with Crippen LogP contribution in [0.2, 0.25) is 0 Å². The average molecular weight is 379 g/mol. The predicted molar refractivity (Wildman–Crippen MR) is 99.4 cm³/mol. The molecule has 1 aromatic rings. The number of aliphatic hydroxyl groups excluding tert-OH is 1. The minimum atomic E-state index is -0.591. The number of hydrogen-bond acceptors (Lipinski definition) is 6. The van der Waals surface area contributed by atoms with Crippen molar-refractivity contribution in [2.45, 2.75) is 38.4 Å². The van der Waals surface area contributed by atoms with Gasteiger partial charge in [-0.1, -0.05) is 13.0 Å². The van der Waals surface area contributed by atoms with Crippen LogP contribution < -0.4 is 9.47 Å². The van der Waals surface area contributed by atoms with Crippen LogP contribution in [0.15, 0.2) is 18.2 Å². The summed E-state index contributed by atoms with van der Waals surface area (Å²) in [4.78, 5) is 13.7. The zero-order valence-electron chi connectivity index (χ0n) is 16.4. The van der Waals surface area contributed by atoms with E-state index in [4.69, 9.17) is 18.9 Å². The van der Waals surface area contributed by atoms with E-state index in [1.165, 1.54) is 7.11 Å². The van der Waals surface area contributed by atoms with E-state index in [2.05, 4.69) is 0 Å². The maximum atomic E-state index is 12.1. The molecule has 0 radical (unpaired) electrons. The Labute approximate surface area is 160 Å². The van der Waals surface area contributed by atoms with Gasteiger partial charge in [0.1, 0.15) is 6.10 Å². The Bertz CT molecular complexity index is 672. The molecular formula is C20H29NO6. The first-order valence-corrected chi connectivity index (χ1v) is 9.32. The lowest BCUT2D eigenvalue weighted by Gasteiger charge is -2.33. The first kappa shape index (κ1) is 19.8. The Morgan fingerprint density at radius 1 is 1.37 bits per heavy atom. The first-order valence-electron chi connectivity index (χ1n) is 9.32. The predicted octanol–water partition coefficient (Wildman–Crippen LogP) is 2.42. The molecule has 7 nitrogen and oxygen atoms in total. The van der Waals surface area contributed by atoms with Crippen molar-refractivity contribution >= 4 is 6.09 Å². The summed E-state index contributed by atoms with van der Waals surface area (Å²) >= 11 is 0. The number of benzene rings is 1. The van der Waals surface area contributed by atoms with Crippen LogP contribution in [0.25, 0.3) is 0 Å². The van der Waals surface area contributed by atoms with Gasteiger partial charge in [0, 0.05) is 30.8 Å². The number of hydrogen-bond donors (Lipinski definition) is 1. The normalized spacial score (nSPS) is 28.9.